The molecular weight excluding hydrogens is 268 g/mol. The number of carbonyl (C=O) groups is 3. The molecule has 20 heavy (non-hydrogen) atoms. The van der Waals surface area contributed by atoms with E-state index < -0.39 is 23.8 Å². The Labute approximate surface area is 113 Å². The highest BCUT2D eigenvalue weighted by atomic mass is 16.4. The van der Waals surface area contributed by atoms with Gasteiger partial charge in [-0.05, 0) is 12.1 Å². The highest BCUT2D eigenvalue weighted by molar-refractivity contribution is 5.92. The third-order valence-electron chi connectivity index (χ3n) is 2.36. The first-order valence-electron chi connectivity index (χ1n) is 5.36. The maximum absolute atomic E-state index is 11.0. The van der Waals surface area contributed by atoms with Gasteiger partial charge in [-0.25, -0.2) is 4.79 Å². The van der Waals surface area contributed by atoms with Crippen LogP contribution < -0.4 is 16.5 Å². The molecule has 0 aliphatic heterocycles. The number of carbonyl (C=O) groups excluding carboxylic acids is 2. The SMILES string of the molecule is CC(=O)NC(Cn1cc(C(N)=O)ccc1=N)C(=O)O.O. The van der Waals surface area contributed by atoms with Crippen LogP contribution in [-0.4, -0.2) is 39.0 Å². The molecule has 0 saturated heterocycles. The monoisotopic (exact) mass is 284 g/mol. The Hall–Kier alpha value is -2.68. The zero-order valence-corrected chi connectivity index (χ0v) is 10.7. The molecule has 7 N–H and O–H groups in total. The zero-order chi connectivity index (χ0) is 14.6. The Balaban J connectivity index is 0.00000361. The van der Waals surface area contributed by atoms with Gasteiger partial charge in [0.25, 0.3) is 0 Å². The van der Waals surface area contributed by atoms with Crippen molar-refractivity contribution in [1.29, 1.82) is 5.41 Å². The van der Waals surface area contributed by atoms with Crippen molar-refractivity contribution in [2.45, 2.75) is 19.5 Å². The van der Waals surface area contributed by atoms with Gasteiger partial charge in [0.05, 0.1) is 12.1 Å². The Morgan fingerprint density at radius 2 is 2.05 bits per heavy atom. The molecule has 0 aromatic carbocycles. The van der Waals surface area contributed by atoms with Crippen LogP contribution in [-0.2, 0) is 16.1 Å². The van der Waals surface area contributed by atoms with E-state index in [0.29, 0.717) is 0 Å². The number of pyridine rings is 1. The van der Waals surface area contributed by atoms with Crippen LogP contribution in [0.3, 0.4) is 0 Å². The summed E-state index contributed by atoms with van der Waals surface area (Å²) >= 11 is 0. The Morgan fingerprint density at radius 1 is 1.45 bits per heavy atom. The summed E-state index contributed by atoms with van der Waals surface area (Å²) in [4.78, 5) is 32.9. The minimum absolute atomic E-state index is 0. The van der Waals surface area contributed by atoms with E-state index in [4.69, 9.17) is 16.2 Å². The molecular formula is C11H16N4O5. The Morgan fingerprint density at radius 3 is 2.50 bits per heavy atom. The van der Waals surface area contributed by atoms with E-state index in [0.717, 1.165) is 0 Å². The van der Waals surface area contributed by atoms with Gasteiger partial charge in [0.2, 0.25) is 11.8 Å². The predicted molar refractivity (Wildman–Crippen MR) is 67.7 cm³/mol. The lowest BCUT2D eigenvalue weighted by molar-refractivity contribution is -0.142. The summed E-state index contributed by atoms with van der Waals surface area (Å²) in [6.07, 6.45) is 1.28. The van der Waals surface area contributed by atoms with Crippen LogP contribution in [0.5, 0.6) is 0 Å². The summed E-state index contributed by atoms with van der Waals surface area (Å²) in [6.45, 7) is 1.02. The molecule has 0 saturated carbocycles. The standard InChI is InChI=1S/C11H14N4O4.H2O/c1-6(16)14-8(11(18)19)5-15-4-7(10(13)17)2-3-9(15)12;/h2-4,8,12H,5H2,1H3,(H2,13,17)(H,14,16)(H,18,19);1H2. The van der Waals surface area contributed by atoms with Gasteiger partial charge < -0.3 is 26.2 Å². The van der Waals surface area contributed by atoms with Crippen molar-refractivity contribution >= 4 is 17.8 Å². The second-order valence-electron chi connectivity index (χ2n) is 3.91. The van der Waals surface area contributed by atoms with Crippen molar-refractivity contribution in [1.82, 2.24) is 9.88 Å². The van der Waals surface area contributed by atoms with Crippen molar-refractivity contribution in [3.05, 3.63) is 29.4 Å². The molecule has 0 bridgehead atoms. The lowest BCUT2D eigenvalue weighted by Gasteiger charge is -2.16. The number of rotatable bonds is 5. The van der Waals surface area contributed by atoms with Gasteiger partial charge in [-0.3, -0.25) is 15.0 Å². The van der Waals surface area contributed by atoms with E-state index in [1.54, 1.807) is 0 Å². The topological polar surface area (TPSA) is 170 Å². The van der Waals surface area contributed by atoms with Gasteiger partial charge in [-0.2, -0.15) is 0 Å². The fourth-order valence-electron chi connectivity index (χ4n) is 1.47. The number of hydrogen-bond acceptors (Lipinski definition) is 4. The quantitative estimate of drug-likeness (QED) is 0.482. The van der Waals surface area contributed by atoms with E-state index in [-0.39, 0.29) is 23.1 Å². The highest BCUT2D eigenvalue weighted by Gasteiger charge is 2.19. The van der Waals surface area contributed by atoms with E-state index >= 15 is 0 Å². The molecule has 1 atom stereocenters. The van der Waals surface area contributed by atoms with Crippen LogP contribution in [0.25, 0.3) is 0 Å². The molecule has 1 heterocycles. The first-order chi connectivity index (χ1) is 8.81. The summed E-state index contributed by atoms with van der Waals surface area (Å²) in [5, 5.41) is 18.8. The summed E-state index contributed by atoms with van der Waals surface area (Å²) in [5.74, 6) is -2.41. The Kier molecular flexibility index (Phi) is 6.10. The van der Waals surface area contributed by atoms with Gasteiger partial charge in [-0.15, -0.1) is 0 Å². The summed E-state index contributed by atoms with van der Waals surface area (Å²) in [7, 11) is 0. The van der Waals surface area contributed by atoms with E-state index in [1.807, 2.05) is 0 Å². The lowest BCUT2D eigenvalue weighted by Crippen LogP contribution is -2.44. The molecule has 1 rings (SSSR count). The number of amides is 2. The van der Waals surface area contributed by atoms with Crippen LogP contribution in [0.1, 0.15) is 17.3 Å². The van der Waals surface area contributed by atoms with Gasteiger partial charge >= 0.3 is 5.97 Å². The van der Waals surface area contributed by atoms with Gasteiger partial charge in [0.15, 0.2) is 0 Å². The maximum Gasteiger partial charge on any atom is 0.328 e. The fourth-order valence-corrected chi connectivity index (χ4v) is 1.47. The van der Waals surface area contributed by atoms with Crippen LogP contribution in [0, 0.1) is 5.41 Å². The van der Waals surface area contributed by atoms with Crippen molar-refractivity contribution in [3.63, 3.8) is 0 Å². The molecule has 9 nitrogen and oxygen atoms in total. The van der Waals surface area contributed by atoms with Gasteiger partial charge in [0, 0.05) is 13.1 Å². The smallest absolute Gasteiger partial charge is 0.328 e. The number of nitrogens with one attached hydrogen (secondary N) is 2. The van der Waals surface area contributed by atoms with Gasteiger partial charge in [-0.1, -0.05) is 0 Å². The van der Waals surface area contributed by atoms with Crippen molar-refractivity contribution in [3.8, 4) is 0 Å². The zero-order valence-electron chi connectivity index (χ0n) is 10.7. The second-order valence-corrected chi connectivity index (χ2v) is 3.91. The van der Waals surface area contributed by atoms with Crippen molar-refractivity contribution in [2.24, 2.45) is 5.73 Å². The largest absolute Gasteiger partial charge is 0.480 e. The number of carboxylic acid groups (broad SMARTS) is 1. The molecule has 1 aromatic heterocycles. The number of primary amides is 1. The molecule has 1 aromatic rings. The number of aliphatic carboxylic acids is 1. The number of carboxylic acids is 1. The third kappa shape index (κ3) is 4.53. The summed E-state index contributed by atoms with van der Waals surface area (Å²) < 4.78 is 1.23. The number of hydrogen-bond donors (Lipinski definition) is 4. The molecule has 0 aliphatic rings. The average Bonchev–Trinajstić information content (AvgIpc) is 2.29. The third-order valence-corrected chi connectivity index (χ3v) is 2.36. The molecule has 110 valence electrons. The van der Waals surface area contributed by atoms with Crippen LogP contribution >= 0.6 is 0 Å². The number of nitrogens with two attached hydrogens (primary N) is 1. The van der Waals surface area contributed by atoms with E-state index in [2.05, 4.69) is 5.32 Å². The minimum Gasteiger partial charge on any atom is -0.480 e. The van der Waals surface area contributed by atoms with E-state index in [1.165, 1.54) is 29.8 Å². The van der Waals surface area contributed by atoms with Crippen LogP contribution in [0.2, 0.25) is 0 Å². The normalized spacial score (nSPS) is 11.1. The molecule has 1 unspecified atom stereocenters. The second kappa shape index (κ2) is 7.04. The first-order valence-corrected chi connectivity index (χ1v) is 5.36. The summed E-state index contributed by atoms with van der Waals surface area (Å²) in [6, 6.07) is 1.51. The number of nitrogens with zero attached hydrogens (tertiary/aromatic N) is 1. The van der Waals surface area contributed by atoms with Crippen LogP contribution in [0.4, 0.5) is 0 Å². The average molecular weight is 284 g/mol. The molecule has 9 heteroatoms. The molecule has 0 spiro atoms. The molecule has 0 radical (unpaired) electrons. The minimum atomic E-state index is -1.23. The fraction of sp³-hybridized carbons (Fsp3) is 0.273. The van der Waals surface area contributed by atoms with E-state index in [9.17, 15) is 14.4 Å². The first kappa shape index (κ1) is 17.3. The molecule has 0 fully saturated rings. The van der Waals surface area contributed by atoms with Crippen LogP contribution in [0.15, 0.2) is 18.3 Å². The predicted octanol–water partition coefficient (Wildman–Crippen LogP) is -2.17. The number of aromatic nitrogens is 1. The van der Waals surface area contributed by atoms with Crippen molar-refractivity contribution in [2.75, 3.05) is 0 Å². The van der Waals surface area contributed by atoms with Gasteiger partial charge in [0.1, 0.15) is 11.5 Å². The lowest BCUT2D eigenvalue weighted by atomic mass is 10.2. The Bertz CT molecular complexity index is 580. The maximum atomic E-state index is 11.0. The summed E-state index contributed by atoms with van der Waals surface area (Å²) in [5.41, 5.74) is 5.26. The highest BCUT2D eigenvalue weighted by Crippen LogP contribution is 1.97. The van der Waals surface area contributed by atoms with Crippen molar-refractivity contribution < 1.29 is 25.0 Å². The molecule has 0 aliphatic carbocycles. The molecule has 2 amide bonds.